The molecule has 5 aromatic heterocycles. The van der Waals surface area contributed by atoms with Crippen molar-refractivity contribution in [2.24, 2.45) is 5.92 Å². The van der Waals surface area contributed by atoms with Gasteiger partial charge < -0.3 is 47.7 Å². The molecule has 5 heterocycles. The minimum absolute atomic E-state index is 0.0309. The summed E-state index contributed by atoms with van der Waals surface area (Å²) in [5.41, 5.74) is 7.57. The highest BCUT2D eigenvalue weighted by Crippen LogP contribution is 2.27. The second kappa shape index (κ2) is 49.3. The minimum Gasteiger partial charge on any atom is -0.497 e. The summed E-state index contributed by atoms with van der Waals surface area (Å²) in [6.45, 7) is 7.57. The van der Waals surface area contributed by atoms with Gasteiger partial charge in [0.15, 0.2) is 5.78 Å². The molecule has 0 aliphatic carbocycles. The van der Waals surface area contributed by atoms with Gasteiger partial charge >= 0.3 is 29.8 Å². The number of aliphatic carboxylic acids is 1. The fourth-order valence-electron chi connectivity index (χ4n) is 9.21. The van der Waals surface area contributed by atoms with Crippen molar-refractivity contribution >= 4 is 105 Å². The molecule has 0 atom stereocenters. The number of Topliss-reactive ketones (excluding diaryl/α,β-unsaturated/α-hetero) is 1. The third-order valence-electron chi connectivity index (χ3n) is 14.6. The lowest BCUT2D eigenvalue weighted by Crippen LogP contribution is -2.35. The highest BCUT2D eigenvalue weighted by Gasteiger charge is 2.39. The van der Waals surface area contributed by atoms with Crippen molar-refractivity contribution in [1.29, 1.82) is 0 Å². The number of carboxylic acid groups (broad SMARTS) is 1. The van der Waals surface area contributed by atoms with Crippen molar-refractivity contribution in [2.45, 2.75) is 34.1 Å². The molecular formula is C86H84ClN5O18. The Labute approximate surface area is 643 Å². The first-order chi connectivity index (χ1) is 53.3. The number of carbonyl (C=O) groups is 8. The van der Waals surface area contributed by atoms with Crippen LogP contribution in [-0.4, -0.2) is 139 Å². The second-order valence-corrected chi connectivity index (χ2v) is 22.3. The van der Waals surface area contributed by atoms with E-state index in [-0.39, 0.29) is 42.7 Å². The molecule has 23 nitrogen and oxygen atoms in total. The van der Waals surface area contributed by atoms with Crippen molar-refractivity contribution in [3.8, 4) is 28.7 Å². The number of ether oxygens (including phenoxy) is 9. The van der Waals surface area contributed by atoms with Crippen LogP contribution >= 0.6 is 11.6 Å². The number of carbonyl (C=O) groups excluding carboxylic acids is 7. The molecule has 5 aromatic carbocycles. The maximum Gasteiger partial charge on any atom is 0.340 e. The number of carboxylic acids is 1. The zero-order chi connectivity index (χ0) is 79.8. The van der Waals surface area contributed by atoms with Crippen LogP contribution in [0.1, 0.15) is 88.8 Å². The van der Waals surface area contributed by atoms with E-state index >= 15 is 0 Å². The largest absolute Gasteiger partial charge is 0.497 e. The summed E-state index contributed by atoms with van der Waals surface area (Å²) in [6.07, 6.45) is 15.7. The average Bonchev–Trinajstić information content (AvgIpc) is 0.817. The standard InChI is InChI=1S/C22H23NO6.C17H17NO3.C15H12ClNO2.C15H13NO3.C9H11NO2.C8H8O2/c1-4-28-21(25)19(22(26)29-5-2)20(24)17(18-8-6-7-13-23-18)14-15-9-11-16(27-3)12-10-15;1-3-21-17(19)15(16-6-4-5-11-18-16)12-13-7-9-14(20-2)10-8-13;1-19-12-7-5-11(6-8-12)10-13(15(16)18)14-4-2-3-9-17-14;1-19-12-7-5-11(6-8-12)10-13(15(17)18)14-4-2-3-9-16-14;1-2-12-9(11)7-8-5-3-4-6-10-8;1-10-8-4-2-7(6-9)3-5-8/h6-14,19H,4-5H2,1-3H3;4-12H,3H2,1-2H3;2-10H,1H3;2-10H,1H3,(H,17,18);3-6H,2,7H2,1H3;2-6H,1H3. The first-order valence-corrected chi connectivity index (χ1v) is 34.4. The summed E-state index contributed by atoms with van der Waals surface area (Å²) in [7, 11) is 7.95. The number of rotatable bonds is 27. The molecule has 24 heteroatoms. The van der Waals surface area contributed by atoms with Crippen LogP contribution in [0.15, 0.2) is 243 Å². The van der Waals surface area contributed by atoms with Crippen LogP contribution in [0.25, 0.3) is 46.6 Å². The number of ketones is 1. The molecule has 0 saturated heterocycles. The maximum atomic E-state index is 13.3. The first kappa shape index (κ1) is 87.1. The highest BCUT2D eigenvalue weighted by molar-refractivity contribution is 6.75. The van der Waals surface area contributed by atoms with Crippen molar-refractivity contribution in [2.75, 3.05) is 62.0 Å². The molecule has 0 aliphatic rings. The number of nitrogens with zero attached hydrogens (tertiary/aromatic N) is 5. The van der Waals surface area contributed by atoms with E-state index in [0.717, 1.165) is 51.7 Å². The second-order valence-electron chi connectivity index (χ2n) is 22.0. The number of allylic oxidation sites excluding steroid dienone is 2. The van der Waals surface area contributed by atoms with E-state index < -0.39 is 34.9 Å². The van der Waals surface area contributed by atoms with Crippen LogP contribution in [0.3, 0.4) is 0 Å². The Bertz CT molecular complexity index is 4480. The van der Waals surface area contributed by atoms with Crippen LogP contribution in [0, 0.1) is 5.92 Å². The Morgan fingerprint density at radius 1 is 0.364 bits per heavy atom. The molecule has 0 fully saturated rings. The van der Waals surface area contributed by atoms with Crippen LogP contribution in [0.5, 0.6) is 28.7 Å². The van der Waals surface area contributed by atoms with Crippen LogP contribution < -0.4 is 23.7 Å². The van der Waals surface area contributed by atoms with Gasteiger partial charge in [-0.25, -0.2) is 9.59 Å². The van der Waals surface area contributed by atoms with E-state index in [2.05, 4.69) is 24.9 Å². The van der Waals surface area contributed by atoms with E-state index in [1.54, 1.807) is 252 Å². The number of aldehydes is 1. The zero-order valence-corrected chi connectivity index (χ0v) is 62.9. The van der Waals surface area contributed by atoms with E-state index in [1.807, 2.05) is 72.8 Å². The van der Waals surface area contributed by atoms with E-state index in [9.17, 15) is 43.5 Å². The van der Waals surface area contributed by atoms with Gasteiger partial charge in [0.25, 0.3) is 5.24 Å². The predicted octanol–water partition coefficient (Wildman–Crippen LogP) is 14.9. The molecule has 10 aromatic rings. The Hall–Kier alpha value is -13.5. The third-order valence-corrected chi connectivity index (χ3v) is 14.8. The van der Waals surface area contributed by atoms with Gasteiger partial charge in [0, 0.05) is 42.1 Å². The summed E-state index contributed by atoms with van der Waals surface area (Å²) in [6, 6.07) is 62.3. The van der Waals surface area contributed by atoms with Crippen molar-refractivity contribution in [1.82, 2.24) is 24.9 Å². The van der Waals surface area contributed by atoms with Crippen LogP contribution in [-0.2, 0) is 58.9 Å². The molecule has 0 radical (unpaired) electrons. The van der Waals surface area contributed by atoms with Crippen molar-refractivity contribution in [3.05, 3.63) is 300 Å². The molecule has 1 N–H and O–H groups in total. The molecule has 568 valence electrons. The quantitative estimate of drug-likeness (QED) is 0.0125. The number of aromatic nitrogens is 5. The Kier molecular flexibility index (Phi) is 39.0. The number of halogens is 1. The van der Waals surface area contributed by atoms with E-state index in [0.29, 0.717) is 64.0 Å². The summed E-state index contributed by atoms with van der Waals surface area (Å²) in [4.78, 5) is 115. The molecule has 0 amide bonds. The normalized spacial score (nSPS) is 10.7. The van der Waals surface area contributed by atoms with Gasteiger partial charge in [-0.15, -0.1) is 0 Å². The monoisotopic (exact) mass is 1510 g/mol. The lowest BCUT2D eigenvalue weighted by atomic mass is 9.93. The Morgan fingerprint density at radius 3 is 0.964 bits per heavy atom. The smallest absolute Gasteiger partial charge is 0.340 e. The highest BCUT2D eigenvalue weighted by atomic mass is 35.5. The first-order valence-electron chi connectivity index (χ1n) is 34.1. The Morgan fingerprint density at radius 2 is 0.664 bits per heavy atom. The van der Waals surface area contributed by atoms with E-state index in [4.69, 9.17) is 54.2 Å². The molecule has 0 unspecified atom stereocenters. The lowest BCUT2D eigenvalue weighted by Gasteiger charge is -2.15. The summed E-state index contributed by atoms with van der Waals surface area (Å²) >= 11 is 5.61. The summed E-state index contributed by atoms with van der Waals surface area (Å²) < 4.78 is 45.0. The fourth-order valence-corrected chi connectivity index (χ4v) is 9.36. The molecule has 10 rings (SSSR count). The van der Waals surface area contributed by atoms with Gasteiger partial charge in [-0.3, -0.25) is 53.7 Å². The van der Waals surface area contributed by atoms with Crippen LogP contribution in [0.2, 0.25) is 0 Å². The fraction of sp³-hybridized carbons (Fsp3) is 0.174. The summed E-state index contributed by atoms with van der Waals surface area (Å²) in [5.74, 6) is -2.30. The predicted molar refractivity (Wildman–Crippen MR) is 420 cm³/mol. The third kappa shape index (κ3) is 30.5. The topological polar surface area (TPSA) is 304 Å². The molecule has 0 spiro atoms. The zero-order valence-electron chi connectivity index (χ0n) is 62.1. The lowest BCUT2D eigenvalue weighted by molar-refractivity contribution is -0.163. The number of benzene rings is 5. The molecule has 110 heavy (non-hydrogen) atoms. The minimum atomic E-state index is -1.72. The molecule has 0 saturated carbocycles. The van der Waals surface area contributed by atoms with Gasteiger partial charge in [0.1, 0.15) is 35.0 Å². The van der Waals surface area contributed by atoms with Crippen molar-refractivity contribution in [3.63, 3.8) is 0 Å². The molecule has 0 aliphatic heterocycles. The molecular weight excluding hydrogens is 1430 g/mol. The number of methoxy groups -OCH3 is 5. The number of esters is 4. The van der Waals surface area contributed by atoms with Gasteiger partial charge in [-0.2, -0.15) is 0 Å². The van der Waals surface area contributed by atoms with Crippen molar-refractivity contribution < 1.29 is 86.1 Å². The van der Waals surface area contributed by atoms with Gasteiger partial charge in [-0.1, -0.05) is 78.9 Å². The Balaban J connectivity index is 0.000000243. The number of hydrogen-bond acceptors (Lipinski definition) is 22. The maximum absolute atomic E-state index is 13.3. The summed E-state index contributed by atoms with van der Waals surface area (Å²) in [5, 5.41) is 8.72. The van der Waals surface area contributed by atoms with Gasteiger partial charge in [0.05, 0.1) is 114 Å². The SMILES string of the molecule is CCOC(=O)C(=Cc1ccc(OC)cc1)c1ccccn1.CCOC(=O)C(C(=O)OCC)C(=O)C(=Cc1ccc(OC)cc1)c1ccccn1.CCOC(=O)Cc1ccccn1.COc1ccc(C=C(C(=O)Cl)c2ccccn2)cc1.COc1ccc(C=C(C(=O)O)c2ccccn2)cc1.COc1ccc(C=O)cc1. The number of pyridine rings is 5. The van der Waals surface area contributed by atoms with Gasteiger partial charge in [0.2, 0.25) is 5.92 Å². The van der Waals surface area contributed by atoms with Gasteiger partial charge in [-0.05, 0) is 219 Å². The van der Waals surface area contributed by atoms with Crippen LogP contribution in [0.4, 0.5) is 0 Å². The number of hydrogen-bond donors (Lipinski definition) is 1. The van der Waals surface area contributed by atoms with E-state index in [1.165, 1.54) is 6.20 Å². The molecule has 0 bridgehead atoms. The average molecular weight is 1510 g/mol.